The molecular formula is C13H11BrN2O. The first kappa shape index (κ1) is 11.8. The summed E-state index contributed by atoms with van der Waals surface area (Å²) in [5.41, 5.74) is 1.68. The molecular weight excluding hydrogens is 280 g/mol. The minimum absolute atomic E-state index is 0.0904. The molecule has 0 unspecified atom stereocenters. The molecule has 1 N–H and O–H groups in total. The quantitative estimate of drug-likeness (QED) is 0.944. The van der Waals surface area contributed by atoms with Gasteiger partial charge >= 0.3 is 0 Å². The summed E-state index contributed by atoms with van der Waals surface area (Å²) in [4.78, 5) is 15.6. The Morgan fingerprint density at radius 1 is 1.24 bits per heavy atom. The monoisotopic (exact) mass is 290 g/mol. The molecule has 2 aromatic rings. The Labute approximate surface area is 108 Å². The van der Waals surface area contributed by atoms with Crippen LogP contribution in [-0.4, -0.2) is 10.9 Å². The van der Waals surface area contributed by atoms with E-state index in [0.717, 1.165) is 10.0 Å². The number of pyridine rings is 1. The van der Waals surface area contributed by atoms with Gasteiger partial charge in [-0.1, -0.05) is 28.1 Å². The number of aromatic nitrogens is 1. The highest BCUT2D eigenvalue weighted by atomic mass is 79.9. The van der Waals surface area contributed by atoms with Crippen molar-refractivity contribution in [2.24, 2.45) is 0 Å². The van der Waals surface area contributed by atoms with Crippen LogP contribution in [0, 0.1) is 0 Å². The molecule has 1 heterocycles. The molecule has 0 aliphatic carbocycles. The van der Waals surface area contributed by atoms with E-state index in [1.54, 1.807) is 24.5 Å². The van der Waals surface area contributed by atoms with Crippen molar-refractivity contribution in [1.29, 1.82) is 0 Å². The van der Waals surface area contributed by atoms with Gasteiger partial charge in [0.2, 0.25) is 0 Å². The van der Waals surface area contributed by atoms with Crippen LogP contribution in [0.25, 0.3) is 0 Å². The maximum Gasteiger partial charge on any atom is 0.251 e. The Balaban J connectivity index is 1.97. The van der Waals surface area contributed by atoms with E-state index in [0.29, 0.717) is 12.1 Å². The molecule has 0 atom stereocenters. The lowest BCUT2D eigenvalue weighted by Crippen LogP contribution is -2.22. The number of halogens is 1. The van der Waals surface area contributed by atoms with E-state index in [1.807, 2.05) is 24.3 Å². The Bertz CT molecular complexity index is 514. The van der Waals surface area contributed by atoms with Gasteiger partial charge in [-0.3, -0.25) is 9.78 Å². The van der Waals surface area contributed by atoms with Crippen LogP contribution in [0.15, 0.2) is 53.3 Å². The summed E-state index contributed by atoms with van der Waals surface area (Å²) in [5.74, 6) is -0.0904. The van der Waals surface area contributed by atoms with Gasteiger partial charge in [-0.25, -0.2) is 0 Å². The van der Waals surface area contributed by atoms with Crippen molar-refractivity contribution < 1.29 is 4.79 Å². The van der Waals surface area contributed by atoms with Gasteiger partial charge in [-0.2, -0.15) is 0 Å². The first-order valence-corrected chi connectivity index (χ1v) is 5.97. The van der Waals surface area contributed by atoms with Crippen LogP contribution in [0.4, 0.5) is 0 Å². The summed E-state index contributed by atoms with van der Waals surface area (Å²) in [6.07, 6.45) is 3.21. The van der Waals surface area contributed by atoms with E-state index in [-0.39, 0.29) is 5.91 Å². The molecule has 1 amide bonds. The summed E-state index contributed by atoms with van der Waals surface area (Å²) >= 11 is 3.39. The topological polar surface area (TPSA) is 42.0 Å². The van der Waals surface area contributed by atoms with Crippen LogP contribution in [0.5, 0.6) is 0 Å². The van der Waals surface area contributed by atoms with Gasteiger partial charge in [0.1, 0.15) is 0 Å². The minimum atomic E-state index is -0.0904. The predicted molar refractivity (Wildman–Crippen MR) is 69.5 cm³/mol. The molecule has 3 nitrogen and oxygen atoms in total. The summed E-state index contributed by atoms with van der Waals surface area (Å²) in [6.45, 7) is 0.514. The van der Waals surface area contributed by atoms with Crippen LogP contribution < -0.4 is 5.32 Å². The number of rotatable bonds is 3. The fraction of sp³-hybridized carbons (Fsp3) is 0.0769. The van der Waals surface area contributed by atoms with E-state index >= 15 is 0 Å². The summed E-state index contributed by atoms with van der Waals surface area (Å²) < 4.78 is 1.01. The Morgan fingerprint density at radius 3 is 2.71 bits per heavy atom. The lowest BCUT2D eigenvalue weighted by molar-refractivity contribution is 0.0951. The highest BCUT2D eigenvalue weighted by Gasteiger charge is 2.03. The van der Waals surface area contributed by atoms with Gasteiger partial charge in [0.05, 0.1) is 0 Å². The van der Waals surface area contributed by atoms with Gasteiger partial charge < -0.3 is 5.32 Å². The molecule has 0 saturated carbocycles. The molecule has 0 aliphatic heterocycles. The lowest BCUT2D eigenvalue weighted by Gasteiger charge is -2.05. The van der Waals surface area contributed by atoms with Crippen LogP contribution in [0.1, 0.15) is 15.9 Å². The molecule has 17 heavy (non-hydrogen) atoms. The van der Waals surface area contributed by atoms with Crippen molar-refractivity contribution in [3.8, 4) is 0 Å². The second-order valence-electron chi connectivity index (χ2n) is 3.55. The number of benzene rings is 1. The number of amides is 1. The number of nitrogens with one attached hydrogen (secondary N) is 1. The fourth-order valence-corrected chi connectivity index (χ4v) is 1.88. The average Bonchev–Trinajstić information content (AvgIpc) is 2.37. The van der Waals surface area contributed by atoms with Crippen molar-refractivity contribution in [3.05, 3.63) is 64.4 Å². The third-order valence-corrected chi connectivity index (χ3v) is 2.78. The molecule has 4 heteroatoms. The first-order chi connectivity index (χ1) is 8.25. The average molecular weight is 291 g/mol. The number of carbonyl (C=O) groups is 1. The normalized spacial score (nSPS) is 9.94. The van der Waals surface area contributed by atoms with E-state index in [1.165, 1.54) is 0 Å². The molecule has 2 rings (SSSR count). The molecule has 0 saturated heterocycles. The largest absolute Gasteiger partial charge is 0.348 e. The molecule has 1 aromatic heterocycles. The number of hydrogen-bond acceptors (Lipinski definition) is 2. The Hall–Kier alpha value is -1.68. The summed E-state index contributed by atoms with van der Waals surface area (Å²) in [7, 11) is 0. The second kappa shape index (κ2) is 5.59. The summed E-state index contributed by atoms with van der Waals surface area (Å²) in [5, 5.41) is 2.85. The Kier molecular flexibility index (Phi) is 3.88. The minimum Gasteiger partial charge on any atom is -0.348 e. The summed E-state index contributed by atoms with van der Waals surface area (Å²) in [6, 6.07) is 11.2. The third-order valence-electron chi connectivity index (χ3n) is 2.28. The van der Waals surface area contributed by atoms with E-state index in [4.69, 9.17) is 0 Å². The van der Waals surface area contributed by atoms with E-state index in [2.05, 4.69) is 26.2 Å². The molecule has 0 spiro atoms. The van der Waals surface area contributed by atoms with Gasteiger partial charge in [0, 0.05) is 29.0 Å². The third kappa shape index (κ3) is 3.39. The van der Waals surface area contributed by atoms with Crippen molar-refractivity contribution in [2.75, 3.05) is 0 Å². The van der Waals surface area contributed by atoms with Crippen LogP contribution >= 0.6 is 15.9 Å². The van der Waals surface area contributed by atoms with Gasteiger partial charge in [0.25, 0.3) is 5.91 Å². The smallest absolute Gasteiger partial charge is 0.251 e. The van der Waals surface area contributed by atoms with Gasteiger partial charge in [-0.05, 0) is 29.8 Å². The van der Waals surface area contributed by atoms with Crippen LogP contribution in [0.2, 0.25) is 0 Å². The molecule has 0 bridgehead atoms. The van der Waals surface area contributed by atoms with Gasteiger partial charge in [-0.15, -0.1) is 0 Å². The number of hydrogen-bond donors (Lipinski definition) is 1. The number of nitrogens with zero attached hydrogens (tertiary/aromatic N) is 1. The molecule has 86 valence electrons. The van der Waals surface area contributed by atoms with E-state index in [9.17, 15) is 4.79 Å². The fourth-order valence-electron chi connectivity index (χ4n) is 1.43. The lowest BCUT2D eigenvalue weighted by atomic mass is 10.2. The van der Waals surface area contributed by atoms with E-state index < -0.39 is 0 Å². The van der Waals surface area contributed by atoms with Crippen molar-refractivity contribution in [3.63, 3.8) is 0 Å². The van der Waals surface area contributed by atoms with Crippen molar-refractivity contribution >= 4 is 21.8 Å². The standard InChI is InChI=1S/C13H11BrN2O/c14-12-3-1-2-10(8-12)9-16-13(17)11-4-6-15-7-5-11/h1-8H,9H2,(H,16,17). The SMILES string of the molecule is O=C(NCc1cccc(Br)c1)c1ccncc1. The van der Waals surface area contributed by atoms with Crippen molar-refractivity contribution in [1.82, 2.24) is 10.3 Å². The molecule has 0 radical (unpaired) electrons. The maximum absolute atomic E-state index is 11.8. The highest BCUT2D eigenvalue weighted by Crippen LogP contribution is 2.11. The second-order valence-corrected chi connectivity index (χ2v) is 4.46. The molecule has 0 fully saturated rings. The molecule has 0 aliphatic rings. The van der Waals surface area contributed by atoms with Crippen LogP contribution in [0.3, 0.4) is 0 Å². The first-order valence-electron chi connectivity index (χ1n) is 5.18. The van der Waals surface area contributed by atoms with Gasteiger partial charge in [0.15, 0.2) is 0 Å². The predicted octanol–water partition coefficient (Wildman–Crippen LogP) is 2.77. The highest BCUT2D eigenvalue weighted by molar-refractivity contribution is 9.10. The Morgan fingerprint density at radius 2 is 2.00 bits per heavy atom. The zero-order valence-electron chi connectivity index (χ0n) is 9.06. The zero-order chi connectivity index (χ0) is 12.1. The maximum atomic E-state index is 11.8. The van der Waals surface area contributed by atoms with Crippen LogP contribution in [-0.2, 0) is 6.54 Å². The molecule has 1 aromatic carbocycles. The zero-order valence-corrected chi connectivity index (χ0v) is 10.6. The number of carbonyl (C=O) groups excluding carboxylic acids is 1. The van der Waals surface area contributed by atoms with Crippen molar-refractivity contribution in [2.45, 2.75) is 6.54 Å².